The smallest absolute Gasteiger partial charge is 0.263 e. The molecule has 1 N–H and O–H groups in total. The predicted molar refractivity (Wildman–Crippen MR) is 116 cm³/mol. The van der Waals surface area contributed by atoms with Crippen molar-refractivity contribution in [3.63, 3.8) is 0 Å². The SMILES string of the molecule is CC(C)CC(=O)N1CCC(c2ncc(C(=O)NCc3ccn4ccnc4c3)s2)CC1. The topological polar surface area (TPSA) is 79.6 Å². The second kappa shape index (κ2) is 8.95. The molecule has 7 nitrogen and oxygen atoms in total. The van der Waals surface area contributed by atoms with Crippen molar-refractivity contribution in [1.82, 2.24) is 24.6 Å². The van der Waals surface area contributed by atoms with E-state index in [4.69, 9.17) is 0 Å². The van der Waals surface area contributed by atoms with Gasteiger partial charge in [0.1, 0.15) is 10.5 Å². The number of hydrogen-bond donors (Lipinski definition) is 1. The highest BCUT2D eigenvalue weighted by atomic mass is 32.1. The highest BCUT2D eigenvalue weighted by molar-refractivity contribution is 7.13. The molecule has 4 heterocycles. The number of pyridine rings is 1. The number of carbonyl (C=O) groups is 2. The summed E-state index contributed by atoms with van der Waals surface area (Å²) in [7, 11) is 0. The summed E-state index contributed by atoms with van der Waals surface area (Å²) in [5.41, 5.74) is 1.87. The maximum absolute atomic E-state index is 12.6. The van der Waals surface area contributed by atoms with Crippen LogP contribution in [0.25, 0.3) is 5.65 Å². The van der Waals surface area contributed by atoms with Gasteiger partial charge in [0, 0.05) is 50.6 Å². The lowest BCUT2D eigenvalue weighted by Gasteiger charge is -2.31. The lowest BCUT2D eigenvalue weighted by Crippen LogP contribution is -2.38. The van der Waals surface area contributed by atoms with Crippen LogP contribution in [0.3, 0.4) is 0 Å². The van der Waals surface area contributed by atoms with Gasteiger partial charge >= 0.3 is 0 Å². The van der Waals surface area contributed by atoms with Crippen molar-refractivity contribution in [2.75, 3.05) is 13.1 Å². The fraction of sp³-hybridized carbons (Fsp3) is 0.455. The van der Waals surface area contributed by atoms with Crippen LogP contribution >= 0.6 is 11.3 Å². The molecular weight excluding hydrogens is 398 g/mol. The largest absolute Gasteiger partial charge is 0.347 e. The van der Waals surface area contributed by atoms with E-state index in [9.17, 15) is 9.59 Å². The predicted octanol–water partition coefficient (Wildman–Crippen LogP) is 3.47. The van der Waals surface area contributed by atoms with Gasteiger partial charge in [0.15, 0.2) is 0 Å². The van der Waals surface area contributed by atoms with E-state index in [1.54, 1.807) is 12.4 Å². The van der Waals surface area contributed by atoms with Gasteiger partial charge in [-0.2, -0.15) is 0 Å². The molecule has 0 atom stereocenters. The molecule has 0 aromatic carbocycles. The van der Waals surface area contributed by atoms with Crippen LogP contribution in [-0.2, 0) is 11.3 Å². The Morgan fingerprint density at radius 1 is 1.23 bits per heavy atom. The van der Waals surface area contributed by atoms with E-state index in [2.05, 4.69) is 29.1 Å². The Morgan fingerprint density at radius 2 is 2.03 bits per heavy atom. The van der Waals surface area contributed by atoms with E-state index in [1.165, 1.54) is 11.3 Å². The number of rotatable bonds is 6. The Bertz CT molecular complexity index is 1030. The number of nitrogens with zero attached hydrogens (tertiary/aromatic N) is 4. The highest BCUT2D eigenvalue weighted by Gasteiger charge is 2.26. The van der Waals surface area contributed by atoms with Gasteiger partial charge in [0.25, 0.3) is 5.91 Å². The van der Waals surface area contributed by atoms with E-state index in [1.807, 2.05) is 33.8 Å². The first kappa shape index (κ1) is 20.5. The Balaban J connectivity index is 1.30. The maximum Gasteiger partial charge on any atom is 0.263 e. The second-order valence-corrected chi connectivity index (χ2v) is 9.29. The van der Waals surface area contributed by atoms with E-state index in [0.29, 0.717) is 29.7 Å². The Labute approximate surface area is 180 Å². The number of piperidine rings is 1. The number of aromatic nitrogens is 3. The summed E-state index contributed by atoms with van der Waals surface area (Å²) >= 11 is 1.46. The summed E-state index contributed by atoms with van der Waals surface area (Å²) in [5, 5.41) is 3.97. The van der Waals surface area contributed by atoms with Crippen molar-refractivity contribution in [3.05, 3.63) is 52.4 Å². The van der Waals surface area contributed by atoms with Crippen LogP contribution < -0.4 is 5.32 Å². The maximum atomic E-state index is 12.6. The van der Waals surface area contributed by atoms with Gasteiger partial charge < -0.3 is 14.6 Å². The normalized spacial score (nSPS) is 15.1. The van der Waals surface area contributed by atoms with Crippen molar-refractivity contribution in [3.8, 4) is 0 Å². The van der Waals surface area contributed by atoms with Crippen LogP contribution in [-0.4, -0.2) is 44.2 Å². The molecule has 30 heavy (non-hydrogen) atoms. The van der Waals surface area contributed by atoms with E-state index in [0.717, 1.165) is 42.1 Å². The van der Waals surface area contributed by atoms with Crippen molar-refractivity contribution >= 4 is 28.8 Å². The van der Waals surface area contributed by atoms with Crippen molar-refractivity contribution in [1.29, 1.82) is 0 Å². The zero-order chi connectivity index (χ0) is 21.1. The molecule has 1 aliphatic heterocycles. The summed E-state index contributed by atoms with van der Waals surface area (Å²) in [6, 6.07) is 3.94. The molecule has 4 rings (SSSR count). The zero-order valence-corrected chi connectivity index (χ0v) is 18.2. The van der Waals surface area contributed by atoms with Gasteiger partial charge in [0.2, 0.25) is 5.91 Å². The van der Waals surface area contributed by atoms with Crippen LogP contribution in [0, 0.1) is 5.92 Å². The van der Waals surface area contributed by atoms with Gasteiger partial charge in [-0.1, -0.05) is 13.8 Å². The molecule has 1 saturated heterocycles. The molecule has 0 spiro atoms. The fourth-order valence-corrected chi connectivity index (χ4v) is 4.77. The molecule has 8 heteroatoms. The molecule has 2 amide bonds. The van der Waals surface area contributed by atoms with Crippen molar-refractivity contribution < 1.29 is 9.59 Å². The van der Waals surface area contributed by atoms with Crippen LogP contribution in [0.15, 0.2) is 36.9 Å². The lowest BCUT2D eigenvalue weighted by molar-refractivity contribution is -0.133. The van der Waals surface area contributed by atoms with Gasteiger partial charge in [-0.3, -0.25) is 9.59 Å². The molecule has 158 valence electrons. The third-order valence-electron chi connectivity index (χ3n) is 5.44. The number of fused-ring (bicyclic) bond motifs is 1. The number of hydrogen-bond acceptors (Lipinski definition) is 5. The average Bonchev–Trinajstić information content (AvgIpc) is 3.41. The van der Waals surface area contributed by atoms with Crippen molar-refractivity contribution in [2.45, 2.75) is 45.6 Å². The van der Waals surface area contributed by atoms with Gasteiger partial charge in [-0.25, -0.2) is 9.97 Å². The minimum absolute atomic E-state index is 0.105. The molecule has 1 fully saturated rings. The summed E-state index contributed by atoms with van der Waals surface area (Å²) in [6.07, 6.45) is 9.67. The molecule has 0 unspecified atom stereocenters. The highest BCUT2D eigenvalue weighted by Crippen LogP contribution is 2.31. The molecule has 0 bridgehead atoms. The lowest BCUT2D eigenvalue weighted by atomic mass is 9.97. The zero-order valence-electron chi connectivity index (χ0n) is 17.4. The third kappa shape index (κ3) is 4.70. The number of carbonyl (C=O) groups excluding carboxylic acids is 2. The first-order valence-corrected chi connectivity index (χ1v) is 11.2. The average molecular weight is 426 g/mol. The molecule has 0 aliphatic carbocycles. The minimum atomic E-state index is -0.105. The number of imidazole rings is 1. The Morgan fingerprint density at radius 3 is 2.80 bits per heavy atom. The number of amides is 2. The van der Waals surface area contributed by atoms with Crippen LogP contribution in [0.5, 0.6) is 0 Å². The van der Waals surface area contributed by atoms with E-state index < -0.39 is 0 Å². The van der Waals surface area contributed by atoms with Gasteiger partial charge in [0.05, 0.1) is 11.2 Å². The van der Waals surface area contributed by atoms with Gasteiger partial charge in [-0.05, 0) is 36.5 Å². The van der Waals surface area contributed by atoms with Crippen LogP contribution in [0.1, 0.15) is 59.3 Å². The number of nitrogens with one attached hydrogen (secondary N) is 1. The summed E-state index contributed by atoms with van der Waals surface area (Å²) in [4.78, 5) is 36.2. The quantitative estimate of drug-likeness (QED) is 0.656. The monoisotopic (exact) mass is 425 g/mol. The summed E-state index contributed by atoms with van der Waals surface area (Å²) in [6.45, 7) is 6.14. The standard InChI is InChI=1S/C22H27N5O2S/c1-15(2)11-20(28)27-8-4-17(5-9-27)22-25-14-18(30-22)21(29)24-13-16-3-7-26-10-6-23-19(26)12-16/h3,6-7,10,12,14-15,17H,4-5,8-9,11,13H2,1-2H3,(H,24,29). The summed E-state index contributed by atoms with van der Waals surface area (Å²) in [5.74, 6) is 0.849. The first-order chi connectivity index (χ1) is 14.5. The van der Waals surface area contributed by atoms with Crippen molar-refractivity contribution in [2.24, 2.45) is 5.92 Å². The molecule has 3 aromatic heterocycles. The first-order valence-electron chi connectivity index (χ1n) is 10.4. The molecule has 0 saturated carbocycles. The summed E-state index contributed by atoms with van der Waals surface area (Å²) < 4.78 is 1.93. The molecule has 0 radical (unpaired) electrons. The fourth-order valence-electron chi connectivity index (χ4n) is 3.77. The molecule has 1 aliphatic rings. The minimum Gasteiger partial charge on any atom is -0.347 e. The van der Waals surface area contributed by atoms with Crippen LogP contribution in [0.2, 0.25) is 0 Å². The number of thiazole rings is 1. The second-order valence-electron chi connectivity index (χ2n) is 8.23. The molecular formula is C22H27N5O2S. The Kier molecular flexibility index (Phi) is 6.13. The number of likely N-dealkylation sites (tertiary alicyclic amines) is 1. The van der Waals surface area contributed by atoms with E-state index >= 15 is 0 Å². The van der Waals surface area contributed by atoms with Crippen LogP contribution in [0.4, 0.5) is 0 Å². The van der Waals surface area contributed by atoms with Gasteiger partial charge in [-0.15, -0.1) is 11.3 Å². The third-order valence-corrected chi connectivity index (χ3v) is 6.60. The van der Waals surface area contributed by atoms with E-state index in [-0.39, 0.29) is 11.8 Å². The Hall–Kier alpha value is -2.74. The molecule has 3 aromatic rings.